The molecule has 0 saturated heterocycles. The van der Waals surface area contributed by atoms with Gasteiger partial charge in [0.15, 0.2) is 0 Å². The summed E-state index contributed by atoms with van der Waals surface area (Å²) in [5.74, 6) is 1.23. The van der Waals surface area contributed by atoms with Gasteiger partial charge in [0.25, 0.3) is 0 Å². The third-order valence-corrected chi connectivity index (χ3v) is 3.44. The maximum absolute atomic E-state index is 12.0. The summed E-state index contributed by atoms with van der Waals surface area (Å²) in [4.78, 5) is 19.9. The van der Waals surface area contributed by atoms with E-state index in [9.17, 15) is 4.79 Å². The van der Waals surface area contributed by atoms with Crippen molar-refractivity contribution in [3.63, 3.8) is 0 Å². The fraction of sp³-hybridized carbons (Fsp3) is 0.500. The van der Waals surface area contributed by atoms with Crippen LogP contribution in [0.25, 0.3) is 11.0 Å². The highest BCUT2D eigenvalue weighted by molar-refractivity contribution is 5.77. The van der Waals surface area contributed by atoms with Crippen LogP contribution in [-0.2, 0) is 4.79 Å². The van der Waals surface area contributed by atoms with Gasteiger partial charge in [0, 0.05) is 6.42 Å². The number of nitrogens with zero attached hydrogens (tertiary/aromatic N) is 1. The number of imidazole rings is 1. The Morgan fingerprint density at radius 3 is 2.75 bits per heavy atom. The van der Waals surface area contributed by atoms with Crippen molar-refractivity contribution in [2.75, 3.05) is 0 Å². The zero-order valence-electron chi connectivity index (χ0n) is 12.4. The van der Waals surface area contributed by atoms with Crippen LogP contribution in [0.2, 0.25) is 0 Å². The van der Waals surface area contributed by atoms with Crippen LogP contribution < -0.4 is 5.32 Å². The number of unbranched alkanes of at least 4 members (excludes halogenated alkanes) is 1. The summed E-state index contributed by atoms with van der Waals surface area (Å²) < 4.78 is 0. The average molecular weight is 273 g/mol. The zero-order chi connectivity index (χ0) is 14.5. The molecule has 0 radical (unpaired) electrons. The highest BCUT2D eigenvalue weighted by Crippen LogP contribution is 2.22. The smallest absolute Gasteiger partial charge is 0.220 e. The van der Waals surface area contributed by atoms with Crippen molar-refractivity contribution in [3.05, 3.63) is 30.1 Å². The molecule has 1 heterocycles. The Labute approximate surface area is 120 Å². The predicted octanol–water partition coefficient (Wildman–Crippen LogP) is 3.57. The lowest BCUT2D eigenvalue weighted by atomic mass is 10.0. The summed E-state index contributed by atoms with van der Waals surface area (Å²) in [5.41, 5.74) is 1.95. The number of nitrogens with one attached hydrogen (secondary N) is 2. The van der Waals surface area contributed by atoms with Gasteiger partial charge in [-0.25, -0.2) is 4.98 Å². The van der Waals surface area contributed by atoms with E-state index in [-0.39, 0.29) is 11.9 Å². The van der Waals surface area contributed by atoms with Crippen molar-refractivity contribution < 1.29 is 4.79 Å². The van der Waals surface area contributed by atoms with E-state index in [1.165, 1.54) is 0 Å². The maximum Gasteiger partial charge on any atom is 0.220 e. The second kappa shape index (κ2) is 6.55. The van der Waals surface area contributed by atoms with Crippen molar-refractivity contribution in [3.8, 4) is 0 Å². The van der Waals surface area contributed by atoms with Gasteiger partial charge in [0.05, 0.1) is 17.1 Å². The van der Waals surface area contributed by atoms with E-state index in [4.69, 9.17) is 0 Å². The van der Waals surface area contributed by atoms with Crippen molar-refractivity contribution in [2.24, 2.45) is 5.92 Å². The first kappa shape index (κ1) is 14.6. The molecule has 0 aliphatic carbocycles. The molecule has 0 bridgehead atoms. The van der Waals surface area contributed by atoms with E-state index in [1.807, 2.05) is 24.3 Å². The molecular weight excluding hydrogens is 250 g/mol. The minimum Gasteiger partial charge on any atom is -0.346 e. The zero-order valence-corrected chi connectivity index (χ0v) is 12.4. The molecule has 2 aromatic rings. The highest BCUT2D eigenvalue weighted by Gasteiger charge is 2.21. The van der Waals surface area contributed by atoms with E-state index < -0.39 is 0 Å². The molecule has 2 N–H and O–H groups in total. The van der Waals surface area contributed by atoms with Gasteiger partial charge in [-0.05, 0) is 24.5 Å². The van der Waals surface area contributed by atoms with Gasteiger partial charge < -0.3 is 10.3 Å². The van der Waals surface area contributed by atoms with E-state index >= 15 is 0 Å². The van der Waals surface area contributed by atoms with E-state index in [0.29, 0.717) is 12.3 Å². The van der Waals surface area contributed by atoms with Crippen LogP contribution in [0.3, 0.4) is 0 Å². The number of fused-ring (bicyclic) bond motifs is 1. The second-order valence-corrected chi connectivity index (χ2v) is 5.53. The van der Waals surface area contributed by atoms with Gasteiger partial charge in [-0.1, -0.05) is 39.3 Å². The Hall–Kier alpha value is -1.84. The first-order valence-electron chi connectivity index (χ1n) is 7.35. The Morgan fingerprint density at radius 2 is 2.10 bits per heavy atom. The molecule has 2 rings (SSSR count). The summed E-state index contributed by atoms with van der Waals surface area (Å²) in [6.45, 7) is 6.28. The van der Waals surface area contributed by atoms with Crippen molar-refractivity contribution in [1.29, 1.82) is 0 Å². The number of benzene rings is 1. The number of hydrogen-bond donors (Lipinski definition) is 2. The number of carbonyl (C=O) groups excluding carboxylic acids is 1. The summed E-state index contributed by atoms with van der Waals surface area (Å²) in [5, 5.41) is 3.10. The van der Waals surface area contributed by atoms with E-state index in [0.717, 1.165) is 29.7 Å². The fourth-order valence-corrected chi connectivity index (χ4v) is 2.25. The second-order valence-electron chi connectivity index (χ2n) is 5.53. The number of rotatable bonds is 6. The summed E-state index contributed by atoms with van der Waals surface area (Å²) >= 11 is 0. The SMILES string of the molecule is CCCCC(=O)NC(c1nc2ccccc2[nH]1)C(C)C. The quantitative estimate of drug-likeness (QED) is 0.845. The molecular formula is C16H23N3O. The van der Waals surface area contributed by atoms with E-state index in [2.05, 4.69) is 36.1 Å². The first-order valence-corrected chi connectivity index (χ1v) is 7.35. The fourth-order valence-electron chi connectivity index (χ4n) is 2.25. The predicted molar refractivity (Wildman–Crippen MR) is 81.3 cm³/mol. The molecule has 0 aliphatic rings. The Morgan fingerprint density at radius 1 is 1.35 bits per heavy atom. The Bertz CT molecular complexity index is 541. The first-order chi connectivity index (χ1) is 9.61. The standard InChI is InChI=1S/C16H23N3O/c1-4-5-10-14(20)19-15(11(2)3)16-17-12-8-6-7-9-13(12)18-16/h6-9,11,15H,4-5,10H2,1-3H3,(H,17,18)(H,19,20). The van der Waals surface area contributed by atoms with Gasteiger partial charge in [-0.3, -0.25) is 4.79 Å². The normalized spacial score (nSPS) is 12.8. The van der Waals surface area contributed by atoms with Gasteiger partial charge in [-0.2, -0.15) is 0 Å². The van der Waals surface area contributed by atoms with Crippen LogP contribution in [0, 0.1) is 5.92 Å². The van der Waals surface area contributed by atoms with Crippen LogP contribution in [0.5, 0.6) is 0 Å². The third-order valence-electron chi connectivity index (χ3n) is 3.44. The van der Waals surface area contributed by atoms with Gasteiger partial charge >= 0.3 is 0 Å². The number of para-hydroxylation sites is 2. The van der Waals surface area contributed by atoms with Crippen molar-refractivity contribution in [1.82, 2.24) is 15.3 Å². The van der Waals surface area contributed by atoms with Crippen LogP contribution in [0.15, 0.2) is 24.3 Å². The number of amides is 1. The van der Waals surface area contributed by atoms with Gasteiger partial charge in [0.1, 0.15) is 5.82 Å². The maximum atomic E-state index is 12.0. The van der Waals surface area contributed by atoms with Crippen molar-refractivity contribution in [2.45, 2.75) is 46.1 Å². The molecule has 108 valence electrons. The number of H-pyrrole nitrogens is 1. The lowest BCUT2D eigenvalue weighted by Gasteiger charge is -2.20. The molecule has 4 heteroatoms. The minimum atomic E-state index is -0.0632. The highest BCUT2D eigenvalue weighted by atomic mass is 16.1. The van der Waals surface area contributed by atoms with Crippen LogP contribution in [0.4, 0.5) is 0 Å². The largest absolute Gasteiger partial charge is 0.346 e. The van der Waals surface area contributed by atoms with Crippen LogP contribution in [0.1, 0.15) is 51.9 Å². The lowest BCUT2D eigenvalue weighted by molar-refractivity contribution is -0.122. The summed E-state index contributed by atoms with van der Waals surface area (Å²) in [7, 11) is 0. The molecule has 1 aromatic carbocycles. The van der Waals surface area contributed by atoms with Crippen LogP contribution >= 0.6 is 0 Å². The molecule has 4 nitrogen and oxygen atoms in total. The molecule has 0 aliphatic heterocycles. The number of aromatic amines is 1. The molecule has 1 aromatic heterocycles. The molecule has 20 heavy (non-hydrogen) atoms. The summed E-state index contributed by atoms with van der Waals surface area (Å²) in [6.07, 6.45) is 2.54. The topological polar surface area (TPSA) is 57.8 Å². The minimum absolute atomic E-state index is 0.0632. The van der Waals surface area contributed by atoms with Gasteiger partial charge in [-0.15, -0.1) is 0 Å². The number of carbonyl (C=O) groups is 1. The van der Waals surface area contributed by atoms with Gasteiger partial charge in [0.2, 0.25) is 5.91 Å². The summed E-state index contributed by atoms with van der Waals surface area (Å²) in [6, 6.07) is 7.87. The molecule has 0 fully saturated rings. The average Bonchev–Trinajstić information content (AvgIpc) is 2.85. The molecule has 1 unspecified atom stereocenters. The monoisotopic (exact) mass is 273 g/mol. The number of hydrogen-bond acceptors (Lipinski definition) is 2. The Kier molecular flexibility index (Phi) is 4.77. The lowest BCUT2D eigenvalue weighted by Crippen LogP contribution is -2.32. The molecule has 1 amide bonds. The Balaban J connectivity index is 2.17. The third kappa shape index (κ3) is 3.38. The number of aromatic nitrogens is 2. The van der Waals surface area contributed by atoms with E-state index in [1.54, 1.807) is 0 Å². The molecule has 0 saturated carbocycles. The molecule has 0 spiro atoms. The molecule has 1 atom stereocenters. The van der Waals surface area contributed by atoms with Crippen LogP contribution in [-0.4, -0.2) is 15.9 Å². The van der Waals surface area contributed by atoms with Crippen molar-refractivity contribution >= 4 is 16.9 Å².